The molecule has 0 bridgehead atoms. The zero-order chi connectivity index (χ0) is 21.6. The molecule has 0 radical (unpaired) electrons. The van der Waals surface area contributed by atoms with Crippen LogP contribution in [-0.2, 0) is 23.1 Å². The number of aryl methyl sites for hydroxylation is 2. The Morgan fingerprint density at radius 1 is 1.10 bits per heavy atom. The Hall–Kier alpha value is -2.45. The first-order chi connectivity index (χ1) is 15.0. The zero-order valence-electron chi connectivity index (χ0n) is 18.2. The van der Waals surface area contributed by atoms with Gasteiger partial charge in [-0.2, -0.15) is 0 Å². The van der Waals surface area contributed by atoms with E-state index in [1.807, 2.05) is 6.07 Å². The number of amides is 2. The van der Waals surface area contributed by atoms with Gasteiger partial charge in [0.15, 0.2) is 0 Å². The molecule has 2 amide bonds. The summed E-state index contributed by atoms with van der Waals surface area (Å²) in [5, 5.41) is 5.81. The van der Waals surface area contributed by atoms with Gasteiger partial charge in [0, 0.05) is 26.6 Å². The summed E-state index contributed by atoms with van der Waals surface area (Å²) >= 11 is 0. The highest BCUT2D eigenvalue weighted by Gasteiger charge is 2.42. The average Bonchev–Trinajstić information content (AvgIpc) is 2.98. The molecular weight excluding hydrogens is 394 g/mol. The molecule has 4 heterocycles. The normalized spacial score (nSPS) is 23.8. The lowest BCUT2D eigenvalue weighted by Gasteiger charge is -2.52. The summed E-state index contributed by atoms with van der Waals surface area (Å²) in [4.78, 5) is 39.2. The number of fused-ring (bicyclic) bond motifs is 1. The Morgan fingerprint density at radius 3 is 2.61 bits per heavy atom. The number of carbonyl (C=O) groups excluding carboxylic acids is 2. The van der Waals surface area contributed by atoms with E-state index < -0.39 is 11.9 Å². The van der Waals surface area contributed by atoms with Crippen molar-refractivity contribution >= 4 is 22.8 Å². The van der Waals surface area contributed by atoms with E-state index in [9.17, 15) is 14.4 Å². The monoisotopic (exact) mass is 425 g/mol. The zero-order valence-corrected chi connectivity index (χ0v) is 18.2. The lowest BCUT2D eigenvalue weighted by atomic mass is 9.72. The number of likely N-dealkylation sites (tertiary alicyclic amines) is 1. The van der Waals surface area contributed by atoms with E-state index >= 15 is 0 Å². The van der Waals surface area contributed by atoms with Crippen LogP contribution < -0.4 is 16.3 Å². The van der Waals surface area contributed by atoms with Gasteiger partial charge in [-0.3, -0.25) is 24.0 Å². The third-order valence-corrected chi connectivity index (χ3v) is 7.40. The van der Waals surface area contributed by atoms with Gasteiger partial charge in [-0.15, -0.1) is 0 Å². The minimum atomic E-state index is -0.631. The Kier molecular flexibility index (Phi) is 5.22. The second-order valence-electron chi connectivity index (χ2n) is 9.57. The van der Waals surface area contributed by atoms with Crippen LogP contribution in [0, 0.1) is 5.41 Å². The molecule has 31 heavy (non-hydrogen) atoms. The summed E-state index contributed by atoms with van der Waals surface area (Å²) in [5.74, 6) is -0.666. The molecule has 1 aromatic carbocycles. The number of nitrogens with zero attached hydrogens (tertiary/aromatic N) is 3. The summed E-state index contributed by atoms with van der Waals surface area (Å²) < 4.78 is 3.15. The highest BCUT2D eigenvalue weighted by molar-refractivity contribution is 6.00. The van der Waals surface area contributed by atoms with Gasteiger partial charge in [-0.05, 0) is 74.8 Å². The first-order valence-electron chi connectivity index (χ1n) is 11.4. The van der Waals surface area contributed by atoms with E-state index in [2.05, 4.69) is 27.7 Å². The number of rotatable bonds is 5. The molecule has 2 N–H and O–H groups in total. The van der Waals surface area contributed by atoms with Crippen molar-refractivity contribution in [2.45, 2.75) is 44.6 Å². The fraction of sp³-hybridized carbons (Fsp3) is 0.609. The van der Waals surface area contributed by atoms with Gasteiger partial charge < -0.3 is 10.2 Å². The molecule has 2 aromatic rings. The van der Waals surface area contributed by atoms with Gasteiger partial charge in [-0.25, -0.2) is 4.79 Å². The van der Waals surface area contributed by atoms with Gasteiger partial charge in [0.25, 0.3) is 0 Å². The SMILES string of the molecule is Cn1c(=O)n(C2CCC(=O)NC2=O)c2ccc(CCCN3CC4(CCNCC4)C3)cc21. The number of benzene rings is 1. The van der Waals surface area contributed by atoms with Crippen LogP contribution in [0.25, 0.3) is 11.0 Å². The molecule has 8 heteroatoms. The molecule has 3 aliphatic rings. The topological polar surface area (TPSA) is 88.4 Å². The van der Waals surface area contributed by atoms with Crippen molar-refractivity contribution in [2.75, 3.05) is 32.7 Å². The summed E-state index contributed by atoms with van der Waals surface area (Å²) in [5.41, 5.74) is 3.16. The lowest BCUT2D eigenvalue weighted by molar-refractivity contribution is -0.135. The third kappa shape index (κ3) is 3.72. The smallest absolute Gasteiger partial charge is 0.317 e. The van der Waals surface area contributed by atoms with Crippen molar-refractivity contribution < 1.29 is 9.59 Å². The van der Waals surface area contributed by atoms with Crippen LogP contribution in [0.5, 0.6) is 0 Å². The molecular formula is C23H31N5O3. The van der Waals surface area contributed by atoms with E-state index in [4.69, 9.17) is 0 Å². The summed E-state index contributed by atoms with van der Waals surface area (Å²) in [6.45, 7) is 5.90. The molecule has 1 aromatic heterocycles. The van der Waals surface area contributed by atoms with E-state index in [1.165, 1.54) is 31.5 Å². The number of hydrogen-bond donors (Lipinski definition) is 2. The predicted molar refractivity (Wildman–Crippen MR) is 118 cm³/mol. The number of imidazole rings is 1. The fourth-order valence-corrected chi connectivity index (χ4v) is 5.63. The van der Waals surface area contributed by atoms with Gasteiger partial charge in [-0.1, -0.05) is 6.07 Å². The standard InChI is InChI=1S/C23H31N5O3/c1-26-19-13-16(3-2-12-27-14-23(15-27)8-10-24-11-9-23)4-5-17(19)28(22(26)31)18-6-7-20(29)25-21(18)30/h4-5,13,18,24H,2-3,6-12,14-15H2,1H3,(H,25,29,30). The first kappa shape index (κ1) is 20.5. The van der Waals surface area contributed by atoms with Crippen LogP contribution in [0.15, 0.2) is 23.0 Å². The number of piperidine rings is 2. The molecule has 1 spiro atoms. The number of hydrogen-bond acceptors (Lipinski definition) is 5. The van der Waals surface area contributed by atoms with Crippen molar-refractivity contribution in [3.8, 4) is 0 Å². The van der Waals surface area contributed by atoms with Crippen molar-refractivity contribution in [1.29, 1.82) is 0 Å². The van der Waals surface area contributed by atoms with E-state index in [0.29, 0.717) is 11.8 Å². The van der Waals surface area contributed by atoms with Gasteiger partial charge in [0.2, 0.25) is 11.8 Å². The fourth-order valence-electron chi connectivity index (χ4n) is 5.63. The van der Waals surface area contributed by atoms with Crippen LogP contribution in [0.3, 0.4) is 0 Å². The average molecular weight is 426 g/mol. The molecule has 3 aliphatic heterocycles. The van der Waals surface area contributed by atoms with Crippen LogP contribution in [0.1, 0.15) is 43.7 Å². The molecule has 1 atom stereocenters. The van der Waals surface area contributed by atoms with Crippen LogP contribution in [0.4, 0.5) is 0 Å². The summed E-state index contributed by atoms with van der Waals surface area (Å²) in [7, 11) is 1.75. The summed E-state index contributed by atoms with van der Waals surface area (Å²) in [6.07, 6.45) is 5.29. The van der Waals surface area contributed by atoms with Crippen LogP contribution >= 0.6 is 0 Å². The van der Waals surface area contributed by atoms with Gasteiger partial charge in [0.1, 0.15) is 6.04 Å². The highest BCUT2D eigenvalue weighted by atomic mass is 16.2. The van der Waals surface area contributed by atoms with Gasteiger partial charge >= 0.3 is 5.69 Å². The Balaban J connectivity index is 1.25. The van der Waals surface area contributed by atoms with Crippen molar-refractivity contribution in [3.63, 3.8) is 0 Å². The number of aromatic nitrogens is 2. The van der Waals surface area contributed by atoms with Crippen molar-refractivity contribution in [3.05, 3.63) is 34.2 Å². The maximum Gasteiger partial charge on any atom is 0.329 e. The number of imide groups is 1. The molecule has 5 rings (SSSR count). The maximum absolute atomic E-state index is 12.9. The molecule has 166 valence electrons. The Bertz CT molecular complexity index is 1070. The van der Waals surface area contributed by atoms with Crippen LogP contribution in [-0.4, -0.2) is 58.6 Å². The quantitative estimate of drug-likeness (QED) is 0.696. The summed E-state index contributed by atoms with van der Waals surface area (Å²) in [6, 6.07) is 5.45. The maximum atomic E-state index is 12.9. The first-order valence-corrected chi connectivity index (χ1v) is 11.4. The minimum absolute atomic E-state index is 0.213. The highest BCUT2D eigenvalue weighted by Crippen LogP contribution is 2.38. The molecule has 0 saturated carbocycles. The largest absolute Gasteiger partial charge is 0.329 e. The van der Waals surface area contributed by atoms with Crippen molar-refractivity contribution in [2.24, 2.45) is 12.5 Å². The van der Waals surface area contributed by atoms with Crippen molar-refractivity contribution in [1.82, 2.24) is 24.7 Å². The number of carbonyl (C=O) groups is 2. The molecule has 3 saturated heterocycles. The van der Waals surface area contributed by atoms with E-state index in [-0.39, 0.29) is 18.0 Å². The second-order valence-corrected chi connectivity index (χ2v) is 9.57. The molecule has 0 aliphatic carbocycles. The Labute approximate surface area is 181 Å². The van der Waals surface area contributed by atoms with Gasteiger partial charge in [0.05, 0.1) is 11.0 Å². The molecule has 8 nitrogen and oxygen atoms in total. The predicted octanol–water partition coefficient (Wildman–Crippen LogP) is 0.936. The molecule has 1 unspecified atom stereocenters. The third-order valence-electron chi connectivity index (χ3n) is 7.40. The second kappa shape index (κ2) is 7.91. The van der Waals surface area contributed by atoms with Crippen LogP contribution in [0.2, 0.25) is 0 Å². The Morgan fingerprint density at radius 2 is 1.87 bits per heavy atom. The lowest BCUT2D eigenvalue weighted by Crippen LogP contribution is -2.59. The minimum Gasteiger partial charge on any atom is -0.317 e. The molecule has 3 fully saturated rings. The van der Waals surface area contributed by atoms with E-state index in [0.717, 1.165) is 43.5 Å². The number of nitrogens with one attached hydrogen (secondary N) is 2. The van der Waals surface area contributed by atoms with E-state index in [1.54, 1.807) is 16.2 Å².